The molecule has 2 N–H and O–H groups in total. The number of carbonyl (C=O) groups excluding carboxylic acids is 1. The van der Waals surface area contributed by atoms with E-state index in [0.29, 0.717) is 13.2 Å². The summed E-state index contributed by atoms with van der Waals surface area (Å²) in [6.45, 7) is 1.03. The number of amides is 1. The largest absolute Gasteiger partial charge is 0.481 e. The van der Waals surface area contributed by atoms with Crippen LogP contribution < -0.4 is 5.32 Å². The Labute approximate surface area is 133 Å². The molecule has 0 bridgehead atoms. The number of aliphatic carboxylic acids is 1. The second-order valence-corrected chi connectivity index (χ2v) is 5.75. The summed E-state index contributed by atoms with van der Waals surface area (Å²) in [5.41, 5.74) is 0.755. The van der Waals surface area contributed by atoms with Gasteiger partial charge >= 0.3 is 5.97 Å². The van der Waals surface area contributed by atoms with Gasteiger partial charge in [-0.2, -0.15) is 0 Å². The summed E-state index contributed by atoms with van der Waals surface area (Å²) in [5, 5.41) is 11.8. The van der Waals surface area contributed by atoms with Crippen LogP contribution in [0.4, 0.5) is 0 Å². The highest BCUT2D eigenvalue weighted by molar-refractivity contribution is 7.98. The lowest BCUT2D eigenvalue weighted by molar-refractivity contribution is -0.148. The Bertz CT molecular complexity index is 513. The molecule has 0 aliphatic carbocycles. The quantitative estimate of drug-likeness (QED) is 0.770. The van der Waals surface area contributed by atoms with Gasteiger partial charge in [0.05, 0.1) is 32.3 Å². The molecule has 1 amide bonds. The highest BCUT2D eigenvalue weighted by Crippen LogP contribution is 2.21. The summed E-state index contributed by atoms with van der Waals surface area (Å²) in [6, 6.07) is 6.88. The van der Waals surface area contributed by atoms with Gasteiger partial charge in [-0.3, -0.25) is 9.59 Å². The maximum atomic E-state index is 12.2. The van der Waals surface area contributed by atoms with Crippen molar-refractivity contribution < 1.29 is 24.2 Å². The normalized spacial score (nSPS) is 19.4. The van der Waals surface area contributed by atoms with Crippen molar-refractivity contribution >= 4 is 23.6 Å². The Morgan fingerprint density at radius 3 is 2.64 bits per heavy atom. The van der Waals surface area contributed by atoms with Gasteiger partial charge in [-0.15, -0.1) is 11.8 Å². The number of benzene rings is 1. The van der Waals surface area contributed by atoms with Gasteiger partial charge < -0.3 is 19.9 Å². The van der Waals surface area contributed by atoms with Crippen molar-refractivity contribution in [1.29, 1.82) is 0 Å². The van der Waals surface area contributed by atoms with Gasteiger partial charge in [0, 0.05) is 4.90 Å². The molecular weight excluding hydrogens is 306 g/mol. The second-order valence-electron chi connectivity index (χ2n) is 4.87. The standard InChI is InChI=1S/C15H19NO5S/c1-22-11-4-2-10(3-5-11)12(8-14(17)18)16-15(19)13-9-20-6-7-21-13/h2-5,12-13H,6-9H2,1H3,(H,16,19)(H,17,18). The van der Waals surface area contributed by atoms with Gasteiger partial charge in [0.25, 0.3) is 5.91 Å². The van der Waals surface area contributed by atoms with Crippen molar-refractivity contribution in [3.05, 3.63) is 29.8 Å². The highest BCUT2D eigenvalue weighted by atomic mass is 32.2. The molecule has 2 unspecified atom stereocenters. The van der Waals surface area contributed by atoms with Crippen LogP contribution in [0.25, 0.3) is 0 Å². The van der Waals surface area contributed by atoms with Gasteiger partial charge in [0.15, 0.2) is 6.10 Å². The number of carbonyl (C=O) groups is 2. The van der Waals surface area contributed by atoms with Crippen LogP contribution in [-0.2, 0) is 19.1 Å². The van der Waals surface area contributed by atoms with E-state index in [1.54, 1.807) is 11.8 Å². The van der Waals surface area contributed by atoms with Gasteiger partial charge in [-0.1, -0.05) is 12.1 Å². The van der Waals surface area contributed by atoms with Crippen molar-refractivity contribution in [2.45, 2.75) is 23.5 Å². The Kier molecular flexibility index (Phi) is 6.23. The van der Waals surface area contributed by atoms with Crippen LogP contribution in [0.1, 0.15) is 18.0 Å². The first-order valence-corrected chi connectivity index (χ1v) is 8.18. The van der Waals surface area contributed by atoms with Gasteiger partial charge in [0.1, 0.15) is 0 Å². The summed E-state index contributed by atoms with van der Waals surface area (Å²) < 4.78 is 10.5. The van der Waals surface area contributed by atoms with Crippen LogP contribution in [0.3, 0.4) is 0 Å². The van der Waals surface area contributed by atoms with Crippen LogP contribution in [0, 0.1) is 0 Å². The summed E-state index contributed by atoms with van der Waals surface area (Å²) in [4.78, 5) is 24.3. The molecule has 1 fully saturated rings. The first-order valence-electron chi connectivity index (χ1n) is 6.95. The van der Waals surface area contributed by atoms with Crippen LogP contribution >= 0.6 is 11.8 Å². The molecule has 0 radical (unpaired) electrons. The average Bonchev–Trinajstić information content (AvgIpc) is 2.54. The third-order valence-electron chi connectivity index (χ3n) is 3.32. The zero-order chi connectivity index (χ0) is 15.9. The topological polar surface area (TPSA) is 84.9 Å². The molecule has 2 rings (SSSR count). The molecule has 6 nitrogen and oxygen atoms in total. The van der Waals surface area contributed by atoms with Gasteiger partial charge in [0.2, 0.25) is 0 Å². The predicted octanol–water partition coefficient (Wildman–Crippen LogP) is 1.46. The molecule has 2 atom stereocenters. The third kappa shape index (κ3) is 4.72. The lowest BCUT2D eigenvalue weighted by Gasteiger charge is -2.25. The van der Waals surface area contributed by atoms with Gasteiger partial charge in [-0.05, 0) is 24.0 Å². The van der Waals surface area contributed by atoms with Crippen molar-refractivity contribution in [2.75, 3.05) is 26.1 Å². The number of carboxylic acid groups (broad SMARTS) is 1. The number of nitrogens with one attached hydrogen (secondary N) is 1. The van der Waals surface area contributed by atoms with E-state index >= 15 is 0 Å². The van der Waals surface area contributed by atoms with Crippen LogP contribution in [-0.4, -0.2) is 49.2 Å². The van der Waals surface area contributed by atoms with Crippen molar-refractivity contribution in [3.63, 3.8) is 0 Å². The Morgan fingerprint density at radius 2 is 2.09 bits per heavy atom. The zero-order valence-corrected chi connectivity index (χ0v) is 13.1. The number of hydrogen-bond acceptors (Lipinski definition) is 5. The minimum absolute atomic E-state index is 0.183. The minimum Gasteiger partial charge on any atom is -0.481 e. The fourth-order valence-electron chi connectivity index (χ4n) is 2.17. The van der Waals surface area contributed by atoms with Crippen LogP contribution in [0.5, 0.6) is 0 Å². The molecule has 0 aromatic heterocycles. The molecule has 0 saturated carbocycles. The molecule has 1 heterocycles. The Balaban J connectivity index is 2.07. The molecule has 7 heteroatoms. The predicted molar refractivity (Wildman–Crippen MR) is 81.9 cm³/mol. The summed E-state index contributed by atoms with van der Waals surface area (Å²) in [7, 11) is 0. The summed E-state index contributed by atoms with van der Waals surface area (Å²) in [5.74, 6) is -1.32. The Morgan fingerprint density at radius 1 is 1.36 bits per heavy atom. The fraction of sp³-hybridized carbons (Fsp3) is 0.467. The van der Waals surface area contributed by atoms with Crippen LogP contribution in [0.2, 0.25) is 0 Å². The maximum absolute atomic E-state index is 12.2. The van der Waals surface area contributed by atoms with E-state index in [1.807, 2.05) is 30.5 Å². The second kappa shape index (κ2) is 8.17. The van der Waals surface area contributed by atoms with E-state index < -0.39 is 18.1 Å². The molecule has 1 aromatic rings. The molecule has 1 aliphatic rings. The first kappa shape index (κ1) is 16.8. The van der Waals surface area contributed by atoms with Crippen molar-refractivity contribution in [2.24, 2.45) is 0 Å². The molecule has 1 saturated heterocycles. The number of rotatable bonds is 6. The number of ether oxygens (including phenoxy) is 2. The number of carboxylic acids is 1. The fourth-order valence-corrected chi connectivity index (χ4v) is 2.58. The third-order valence-corrected chi connectivity index (χ3v) is 4.07. The van der Waals surface area contributed by atoms with E-state index in [1.165, 1.54) is 0 Å². The van der Waals surface area contributed by atoms with E-state index in [-0.39, 0.29) is 18.9 Å². The van der Waals surface area contributed by atoms with E-state index in [4.69, 9.17) is 14.6 Å². The Hall–Kier alpha value is -1.57. The molecule has 1 aromatic carbocycles. The number of thioether (sulfide) groups is 1. The molecule has 120 valence electrons. The SMILES string of the molecule is CSc1ccc(C(CC(=O)O)NC(=O)C2COCCO2)cc1. The van der Waals surface area contributed by atoms with Crippen LogP contribution in [0.15, 0.2) is 29.2 Å². The summed E-state index contributed by atoms with van der Waals surface area (Å²) in [6.07, 6.45) is 1.10. The van der Waals surface area contributed by atoms with E-state index in [2.05, 4.69) is 5.32 Å². The molecular formula is C15H19NO5S. The van der Waals surface area contributed by atoms with E-state index in [9.17, 15) is 9.59 Å². The lowest BCUT2D eigenvalue weighted by Crippen LogP contribution is -2.44. The maximum Gasteiger partial charge on any atom is 0.305 e. The van der Waals surface area contributed by atoms with Crippen molar-refractivity contribution in [1.82, 2.24) is 5.32 Å². The smallest absolute Gasteiger partial charge is 0.305 e. The van der Waals surface area contributed by atoms with E-state index in [0.717, 1.165) is 10.5 Å². The zero-order valence-electron chi connectivity index (χ0n) is 12.3. The molecule has 0 spiro atoms. The molecule has 22 heavy (non-hydrogen) atoms. The lowest BCUT2D eigenvalue weighted by atomic mass is 10.0. The first-order chi connectivity index (χ1) is 10.6. The monoisotopic (exact) mass is 325 g/mol. The highest BCUT2D eigenvalue weighted by Gasteiger charge is 2.26. The average molecular weight is 325 g/mol. The van der Waals surface area contributed by atoms with Gasteiger partial charge in [-0.25, -0.2) is 0 Å². The minimum atomic E-state index is -0.972. The summed E-state index contributed by atoms with van der Waals surface area (Å²) >= 11 is 1.60. The van der Waals surface area contributed by atoms with Crippen molar-refractivity contribution in [3.8, 4) is 0 Å². The number of hydrogen-bond donors (Lipinski definition) is 2. The molecule has 1 aliphatic heterocycles.